The van der Waals surface area contributed by atoms with Crippen LogP contribution in [0, 0.1) is 18.8 Å². The van der Waals surface area contributed by atoms with Gasteiger partial charge >= 0.3 is 0 Å². The lowest BCUT2D eigenvalue weighted by atomic mass is 9.96. The Bertz CT molecular complexity index is 1130. The van der Waals surface area contributed by atoms with Gasteiger partial charge in [0.25, 0.3) is 0 Å². The van der Waals surface area contributed by atoms with Gasteiger partial charge in [0, 0.05) is 11.8 Å². The Kier molecular flexibility index (Phi) is 5.19. The van der Waals surface area contributed by atoms with Crippen molar-refractivity contribution >= 4 is 16.9 Å². The lowest BCUT2D eigenvalue weighted by Crippen LogP contribution is -2.44. The zero-order valence-electron chi connectivity index (χ0n) is 16.4. The molecule has 1 aromatic carbocycles. The lowest BCUT2D eigenvalue weighted by Gasteiger charge is -2.27. The van der Waals surface area contributed by atoms with Crippen LogP contribution in [0.25, 0.3) is 11.0 Å². The van der Waals surface area contributed by atoms with Crippen LogP contribution in [-0.2, 0) is 4.74 Å². The van der Waals surface area contributed by atoms with E-state index in [-0.39, 0.29) is 5.82 Å². The van der Waals surface area contributed by atoms with Gasteiger partial charge in [-0.1, -0.05) is 29.5 Å². The van der Waals surface area contributed by atoms with Crippen LogP contribution < -0.4 is 5.48 Å². The van der Waals surface area contributed by atoms with Crippen molar-refractivity contribution in [2.45, 2.75) is 37.9 Å². The minimum absolute atomic E-state index is 0.142. The second-order valence-electron chi connectivity index (χ2n) is 7.48. The zero-order chi connectivity index (χ0) is 21.5. The van der Waals surface area contributed by atoms with Crippen LogP contribution in [-0.4, -0.2) is 59.5 Å². The maximum atomic E-state index is 10.9. The molecule has 3 aromatic rings. The summed E-state index contributed by atoms with van der Waals surface area (Å²) in [5.41, 5.74) is 3.10. The van der Waals surface area contributed by atoms with Gasteiger partial charge in [-0.25, -0.2) is 9.97 Å². The predicted octanol–water partition coefficient (Wildman–Crippen LogP) is 0.942. The Balaban J connectivity index is 1.86. The fraction of sp³-hybridized carbons (Fsp3) is 0.333. The third-order valence-electron chi connectivity index (χ3n) is 5.30. The number of hydrogen-bond donors (Lipinski definition) is 5. The van der Waals surface area contributed by atoms with E-state index in [1.165, 1.54) is 17.8 Å². The molecule has 5 N–H and O–H groups in total. The second-order valence-corrected chi connectivity index (χ2v) is 7.48. The molecule has 9 heteroatoms. The Morgan fingerprint density at radius 2 is 1.97 bits per heavy atom. The summed E-state index contributed by atoms with van der Waals surface area (Å²) in [5, 5.41) is 40.6. The van der Waals surface area contributed by atoms with Crippen LogP contribution in [0.5, 0.6) is 0 Å². The first kappa shape index (κ1) is 20.3. The van der Waals surface area contributed by atoms with E-state index in [1.54, 1.807) is 6.20 Å². The standard InChI is InChI=1S/C21H22N4O5/c1-12-3-5-13(6-4-12)7-8-14-9-25(19-16(14)18(24-29)22-11-23-19)20-21(2,28)17(27)15(10-26)30-20/h3-6,9,11,15,17,20,26-29H,10H2,1-2H3,(H,22,23,24)/t15-,17-,20-,21-/m1/s1. The molecular formula is C21H22N4O5. The smallest absolute Gasteiger partial charge is 0.167 e. The number of nitrogens with zero attached hydrogens (tertiary/aromatic N) is 3. The van der Waals surface area contributed by atoms with Crippen LogP contribution in [0.2, 0.25) is 0 Å². The van der Waals surface area contributed by atoms with E-state index in [2.05, 4.69) is 21.8 Å². The highest BCUT2D eigenvalue weighted by atomic mass is 16.6. The number of aromatic nitrogens is 3. The molecule has 3 heterocycles. The highest BCUT2D eigenvalue weighted by molar-refractivity contribution is 5.93. The number of ether oxygens (including phenoxy) is 1. The van der Waals surface area contributed by atoms with Gasteiger partial charge in [-0.15, -0.1) is 0 Å². The molecule has 0 saturated carbocycles. The third-order valence-corrected chi connectivity index (χ3v) is 5.30. The summed E-state index contributed by atoms with van der Waals surface area (Å²) in [6.07, 6.45) is -0.430. The van der Waals surface area contributed by atoms with E-state index in [1.807, 2.05) is 36.7 Å². The van der Waals surface area contributed by atoms with Gasteiger partial charge in [-0.2, -0.15) is 0 Å². The highest BCUT2D eigenvalue weighted by Gasteiger charge is 2.53. The Morgan fingerprint density at radius 3 is 2.60 bits per heavy atom. The van der Waals surface area contributed by atoms with Gasteiger partial charge in [-0.05, 0) is 26.0 Å². The Labute approximate surface area is 172 Å². The summed E-state index contributed by atoms with van der Waals surface area (Å²) in [6.45, 7) is 2.96. The molecular weight excluding hydrogens is 388 g/mol. The molecule has 0 aliphatic carbocycles. The van der Waals surface area contributed by atoms with Gasteiger partial charge < -0.3 is 24.6 Å². The number of rotatable bonds is 3. The number of aliphatic hydroxyl groups is 3. The number of aliphatic hydroxyl groups excluding tert-OH is 2. The van der Waals surface area contributed by atoms with Crippen molar-refractivity contribution in [2.24, 2.45) is 0 Å². The second kappa shape index (κ2) is 7.68. The van der Waals surface area contributed by atoms with Crippen molar-refractivity contribution in [3.05, 3.63) is 53.5 Å². The van der Waals surface area contributed by atoms with Crippen molar-refractivity contribution in [3.8, 4) is 11.8 Å². The van der Waals surface area contributed by atoms with Gasteiger partial charge in [0.15, 0.2) is 12.0 Å². The average Bonchev–Trinajstić information content (AvgIpc) is 3.22. The minimum atomic E-state index is -1.70. The summed E-state index contributed by atoms with van der Waals surface area (Å²) in [5.74, 6) is 6.26. The molecule has 1 aliphatic heterocycles. The molecule has 1 saturated heterocycles. The van der Waals surface area contributed by atoms with Gasteiger partial charge in [0.1, 0.15) is 29.8 Å². The quantitative estimate of drug-likeness (QED) is 0.318. The zero-order valence-corrected chi connectivity index (χ0v) is 16.4. The number of hydrogen-bond acceptors (Lipinski definition) is 8. The topological polar surface area (TPSA) is 133 Å². The number of aryl methyl sites for hydroxylation is 1. The predicted molar refractivity (Wildman–Crippen MR) is 108 cm³/mol. The molecule has 0 radical (unpaired) electrons. The molecule has 0 amide bonds. The molecule has 1 fully saturated rings. The number of benzene rings is 1. The summed E-state index contributed by atoms with van der Waals surface area (Å²) in [4.78, 5) is 8.29. The van der Waals surface area contributed by atoms with Crippen molar-refractivity contribution < 1.29 is 25.3 Å². The summed E-state index contributed by atoms with van der Waals surface area (Å²) in [7, 11) is 0. The maximum Gasteiger partial charge on any atom is 0.167 e. The number of fused-ring (bicyclic) bond motifs is 1. The van der Waals surface area contributed by atoms with Crippen LogP contribution in [0.15, 0.2) is 36.8 Å². The molecule has 9 nitrogen and oxygen atoms in total. The molecule has 30 heavy (non-hydrogen) atoms. The average molecular weight is 410 g/mol. The maximum absolute atomic E-state index is 10.9. The van der Waals surface area contributed by atoms with Crippen LogP contribution in [0.3, 0.4) is 0 Å². The molecule has 0 bridgehead atoms. The molecule has 4 atom stereocenters. The number of anilines is 1. The van der Waals surface area contributed by atoms with Crippen molar-refractivity contribution in [1.29, 1.82) is 0 Å². The van der Waals surface area contributed by atoms with Crippen molar-refractivity contribution in [3.63, 3.8) is 0 Å². The van der Waals surface area contributed by atoms with E-state index >= 15 is 0 Å². The summed E-state index contributed by atoms with van der Waals surface area (Å²) < 4.78 is 7.24. The largest absolute Gasteiger partial charge is 0.394 e. The van der Waals surface area contributed by atoms with Crippen LogP contribution >= 0.6 is 0 Å². The lowest BCUT2D eigenvalue weighted by molar-refractivity contribution is -0.0948. The van der Waals surface area contributed by atoms with Gasteiger partial charge in [0.05, 0.1) is 17.6 Å². The van der Waals surface area contributed by atoms with E-state index in [4.69, 9.17) is 4.74 Å². The minimum Gasteiger partial charge on any atom is -0.394 e. The summed E-state index contributed by atoms with van der Waals surface area (Å²) in [6, 6.07) is 7.71. The van der Waals surface area contributed by atoms with Gasteiger partial charge in [0.2, 0.25) is 0 Å². The Morgan fingerprint density at radius 1 is 1.23 bits per heavy atom. The molecule has 0 unspecified atom stereocenters. The molecule has 156 valence electrons. The molecule has 0 spiro atoms. The Hall–Kier alpha value is -3.00. The van der Waals surface area contributed by atoms with E-state index in [0.717, 1.165) is 11.1 Å². The fourth-order valence-corrected chi connectivity index (χ4v) is 3.61. The number of nitrogens with one attached hydrogen (secondary N) is 1. The first-order valence-electron chi connectivity index (χ1n) is 9.38. The van der Waals surface area contributed by atoms with E-state index in [0.29, 0.717) is 16.6 Å². The van der Waals surface area contributed by atoms with Gasteiger partial charge in [-0.3, -0.25) is 10.7 Å². The SMILES string of the molecule is Cc1ccc(C#Cc2cn([C@@H]3O[C@H](CO)[C@@H](O)[C@@]3(C)O)c3ncnc(NO)c23)cc1. The third kappa shape index (κ3) is 3.31. The first-order valence-corrected chi connectivity index (χ1v) is 9.38. The first-order chi connectivity index (χ1) is 14.4. The normalized spacial score (nSPS) is 25.9. The molecule has 1 aliphatic rings. The van der Waals surface area contributed by atoms with E-state index in [9.17, 15) is 20.5 Å². The van der Waals surface area contributed by atoms with Crippen LogP contribution in [0.1, 0.15) is 29.8 Å². The molecule has 2 aromatic heterocycles. The monoisotopic (exact) mass is 410 g/mol. The highest BCUT2D eigenvalue weighted by Crippen LogP contribution is 2.40. The van der Waals surface area contributed by atoms with Crippen molar-refractivity contribution in [1.82, 2.24) is 14.5 Å². The fourth-order valence-electron chi connectivity index (χ4n) is 3.61. The van der Waals surface area contributed by atoms with Crippen LogP contribution in [0.4, 0.5) is 5.82 Å². The van der Waals surface area contributed by atoms with E-state index < -0.39 is 30.6 Å². The summed E-state index contributed by atoms with van der Waals surface area (Å²) >= 11 is 0. The molecule has 4 rings (SSSR count). The van der Waals surface area contributed by atoms with Crippen molar-refractivity contribution in [2.75, 3.05) is 12.1 Å².